The van der Waals surface area contributed by atoms with Crippen molar-refractivity contribution in [1.82, 2.24) is 15.3 Å². The van der Waals surface area contributed by atoms with Gasteiger partial charge < -0.3 is 15.3 Å². The number of imidazole rings is 1. The summed E-state index contributed by atoms with van der Waals surface area (Å²) in [6.07, 6.45) is 3.06. The number of carbonyl (C=O) groups excluding carboxylic acids is 1. The first-order valence-corrected chi connectivity index (χ1v) is 9.47. The first-order valence-electron chi connectivity index (χ1n) is 8.66. The number of nitrogens with one attached hydrogen (secondary N) is 3. The fourth-order valence-electron chi connectivity index (χ4n) is 2.99. The first-order chi connectivity index (χ1) is 12.0. The molecule has 1 unspecified atom stereocenters. The van der Waals surface area contributed by atoms with E-state index in [1.807, 2.05) is 31.2 Å². The Kier molecular flexibility index (Phi) is 5.08. The number of aromatic amines is 2. The smallest absolute Gasteiger partial charge is 0.323 e. The summed E-state index contributed by atoms with van der Waals surface area (Å²) < 4.78 is 0. The van der Waals surface area contributed by atoms with Crippen LogP contribution in [0.1, 0.15) is 58.9 Å². The Morgan fingerprint density at radius 1 is 1.20 bits per heavy atom. The lowest BCUT2D eigenvalue weighted by Crippen LogP contribution is -2.25. The lowest BCUT2D eigenvalue weighted by Gasteiger charge is -2.13. The van der Waals surface area contributed by atoms with Crippen LogP contribution < -0.4 is 11.0 Å². The van der Waals surface area contributed by atoms with Crippen molar-refractivity contribution in [1.29, 1.82) is 0 Å². The van der Waals surface area contributed by atoms with Crippen LogP contribution in [0.4, 0.5) is 0 Å². The lowest BCUT2D eigenvalue weighted by molar-refractivity contribution is 0.0944. The van der Waals surface area contributed by atoms with Gasteiger partial charge in [0.2, 0.25) is 0 Å². The van der Waals surface area contributed by atoms with Gasteiger partial charge in [-0.2, -0.15) is 0 Å². The van der Waals surface area contributed by atoms with Crippen molar-refractivity contribution < 1.29 is 4.79 Å². The van der Waals surface area contributed by atoms with Crippen LogP contribution >= 0.6 is 11.3 Å². The first kappa shape index (κ1) is 17.5. The molecule has 0 radical (unpaired) electrons. The van der Waals surface area contributed by atoms with Gasteiger partial charge in [0, 0.05) is 4.88 Å². The van der Waals surface area contributed by atoms with Gasteiger partial charge in [-0.15, -0.1) is 11.3 Å². The molecule has 0 spiro atoms. The lowest BCUT2D eigenvalue weighted by atomic mass is 10.1. The van der Waals surface area contributed by atoms with Gasteiger partial charge in [0.25, 0.3) is 5.91 Å². The van der Waals surface area contributed by atoms with Gasteiger partial charge in [-0.05, 0) is 49.1 Å². The molecule has 0 fully saturated rings. The number of fused-ring (bicyclic) bond motifs is 1. The Balaban J connectivity index is 1.78. The van der Waals surface area contributed by atoms with E-state index >= 15 is 0 Å². The van der Waals surface area contributed by atoms with Crippen molar-refractivity contribution in [3.63, 3.8) is 0 Å². The summed E-state index contributed by atoms with van der Waals surface area (Å²) in [4.78, 5) is 31.5. The van der Waals surface area contributed by atoms with E-state index in [1.54, 1.807) is 11.3 Å². The number of thiophene rings is 1. The molecular formula is C19H23N3O2S. The highest BCUT2D eigenvalue weighted by Crippen LogP contribution is 2.25. The predicted octanol–water partition coefficient (Wildman–Crippen LogP) is 3.92. The fraction of sp³-hybridized carbons (Fsp3) is 0.368. The van der Waals surface area contributed by atoms with E-state index in [4.69, 9.17) is 0 Å². The molecule has 1 aromatic carbocycles. The summed E-state index contributed by atoms with van der Waals surface area (Å²) in [7, 11) is 0. The Bertz CT molecular complexity index is 951. The van der Waals surface area contributed by atoms with Crippen molar-refractivity contribution in [2.45, 2.75) is 46.1 Å². The van der Waals surface area contributed by atoms with Crippen molar-refractivity contribution in [2.24, 2.45) is 0 Å². The van der Waals surface area contributed by atoms with Crippen molar-refractivity contribution in [2.75, 3.05) is 0 Å². The molecule has 0 aliphatic carbocycles. The van der Waals surface area contributed by atoms with Crippen LogP contribution in [0.5, 0.6) is 0 Å². The van der Waals surface area contributed by atoms with Gasteiger partial charge in [-0.3, -0.25) is 4.79 Å². The van der Waals surface area contributed by atoms with Crippen molar-refractivity contribution in [3.05, 3.63) is 55.6 Å². The van der Waals surface area contributed by atoms with Crippen molar-refractivity contribution in [3.8, 4) is 0 Å². The average molecular weight is 357 g/mol. The maximum absolute atomic E-state index is 12.6. The molecule has 0 saturated carbocycles. The molecule has 1 amide bonds. The molecule has 3 aromatic rings. The molecule has 0 saturated heterocycles. The summed E-state index contributed by atoms with van der Waals surface area (Å²) in [5, 5.41) is 3.06. The number of benzene rings is 1. The molecule has 1 atom stereocenters. The Labute approximate surface area is 150 Å². The zero-order chi connectivity index (χ0) is 18.0. The monoisotopic (exact) mass is 357 g/mol. The van der Waals surface area contributed by atoms with Crippen LogP contribution in [0.3, 0.4) is 0 Å². The zero-order valence-corrected chi connectivity index (χ0v) is 15.5. The van der Waals surface area contributed by atoms with Crippen LogP contribution in [0.2, 0.25) is 0 Å². The number of hydrogen-bond acceptors (Lipinski definition) is 3. The van der Waals surface area contributed by atoms with E-state index in [9.17, 15) is 9.59 Å². The fourth-order valence-corrected chi connectivity index (χ4v) is 4.25. The average Bonchev–Trinajstić information content (AvgIpc) is 3.16. The van der Waals surface area contributed by atoms with E-state index in [0.717, 1.165) is 40.7 Å². The van der Waals surface area contributed by atoms with Crippen molar-refractivity contribution >= 4 is 28.3 Å². The number of aryl methyl sites for hydroxylation is 2. The SMILES string of the molecule is CCCc1sc(C(=O)NC(C)c2ccc3[nH]c(=O)[nH]c3c2)cc1CC. The minimum Gasteiger partial charge on any atom is -0.345 e. The minimum absolute atomic E-state index is 0.0442. The summed E-state index contributed by atoms with van der Waals surface area (Å²) in [6.45, 7) is 6.23. The standard InChI is InChI=1S/C19H23N3O2S/c1-4-6-16-12(5-2)10-17(25-16)18(23)20-11(3)13-7-8-14-15(9-13)22-19(24)21-14/h7-11H,4-6H2,1-3H3,(H,20,23)(H2,21,22,24). The molecule has 2 aromatic heterocycles. The Morgan fingerprint density at radius 3 is 2.68 bits per heavy atom. The van der Waals surface area contributed by atoms with Gasteiger partial charge in [0.1, 0.15) is 0 Å². The molecule has 3 rings (SSSR count). The maximum atomic E-state index is 12.6. The third-order valence-electron chi connectivity index (χ3n) is 4.37. The topological polar surface area (TPSA) is 77.8 Å². The third-order valence-corrected chi connectivity index (χ3v) is 5.60. The second-order valence-electron chi connectivity index (χ2n) is 6.24. The molecule has 0 aliphatic heterocycles. The van der Waals surface area contributed by atoms with Crippen LogP contribution in [-0.2, 0) is 12.8 Å². The van der Waals surface area contributed by atoms with Crippen LogP contribution in [0, 0.1) is 0 Å². The molecule has 132 valence electrons. The normalized spacial score (nSPS) is 12.4. The second-order valence-corrected chi connectivity index (χ2v) is 7.38. The van der Waals surface area contributed by atoms with Crippen LogP contribution in [-0.4, -0.2) is 15.9 Å². The number of hydrogen-bond donors (Lipinski definition) is 3. The number of aromatic nitrogens is 2. The van der Waals surface area contributed by atoms with Crippen LogP contribution in [0.25, 0.3) is 11.0 Å². The molecule has 25 heavy (non-hydrogen) atoms. The van der Waals surface area contributed by atoms with Crippen LogP contribution in [0.15, 0.2) is 29.1 Å². The summed E-state index contributed by atoms with van der Waals surface area (Å²) in [5.74, 6) is -0.0442. The highest BCUT2D eigenvalue weighted by molar-refractivity contribution is 7.14. The Hall–Kier alpha value is -2.34. The second kappa shape index (κ2) is 7.27. The van der Waals surface area contributed by atoms with Gasteiger partial charge in [-0.1, -0.05) is 26.3 Å². The highest BCUT2D eigenvalue weighted by Gasteiger charge is 2.16. The molecule has 2 heterocycles. The highest BCUT2D eigenvalue weighted by atomic mass is 32.1. The maximum Gasteiger partial charge on any atom is 0.323 e. The molecule has 0 aliphatic rings. The van der Waals surface area contributed by atoms with Gasteiger partial charge >= 0.3 is 5.69 Å². The Morgan fingerprint density at radius 2 is 1.96 bits per heavy atom. The van der Waals surface area contributed by atoms with E-state index < -0.39 is 0 Å². The zero-order valence-electron chi connectivity index (χ0n) is 14.7. The summed E-state index contributed by atoms with van der Waals surface area (Å²) in [5.41, 5.74) is 3.52. The summed E-state index contributed by atoms with van der Waals surface area (Å²) in [6, 6.07) is 7.55. The third kappa shape index (κ3) is 3.69. The van der Waals surface area contributed by atoms with Gasteiger partial charge in [0.05, 0.1) is 22.0 Å². The summed E-state index contributed by atoms with van der Waals surface area (Å²) >= 11 is 1.60. The minimum atomic E-state index is -0.224. The number of amides is 1. The van der Waals surface area contributed by atoms with E-state index in [-0.39, 0.29) is 17.6 Å². The molecule has 5 nitrogen and oxygen atoms in total. The van der Waals surface area contributed by atoms with Gasteiger partial charge in [-0.25, -0.2) is 4.79 Å². The number of rotatable bonds is 6. The molecule has 3 N–H and O–H groups in total. The molecule has 0 bridgehead atoms. The number of carbonyl (C=O) groups is 1. The van der Waals surface area contributed by atoms with Gasteiger partial charge in [0.15, 0.2) is 0 Å². The van der Waals surface area contributed by atoms with E-state index in [0.29, 0.717) is 0 Å². The van der Waals surface area contributed by atoms with E-state index in [2.05, 4.69) is 29.1 Å². The number of H-pyrrole nitrogens is 2. The quantitative estimate of drug-likeness (QED) is 0.625. The predicted molar refractivity (Wildman–Crippen MR) is 102 cm³/mol. The molecular weight excluding hydrogens is 334 g/mol. The van der Waals surface area contributed by atoms with E-state index in [1.165, 1.54) is 10.4 Å². The largest absolute Gasteiger partial charge is 0.345 e. The molecule has 6 heteroatoms.